The zero-order valence-electron chi connectivity index (χ0n) is 11.2. The van der Waals surface area contributed by atoms with Crippen molar-refractivity contribution in [3.63, 3.8) is 0 Å². The second-order valence-electron chi connectivity index (χ2n) is 5.10. The van der Waals surface area contributed by atoms with Gasteiger partial charge in [-0.1, -0.05) is 23.7 Å². The molecule has 2 rings (SSSR count). The largest absolute Gasteiger partial charge is 0.338 e. The first-order chi connectivity index (χ1) is 8.50. The van der Waals surface area contributed by atoms with Gasteiger partial charge in [0.05, 0.1) is 10.6 Å². The van der Waals surface area contributed by atoms with Gasteiger partial charge in [-0.05, 0) is 37.8 Å². The molecule has 5 heteroatoms. The fourth-order valence-electron chi connectivity index (χ4n) is 2.38. The van der Waals surface area contributed by atoms with Crippen LogP contribution < -0.4 is 5.73 Å². The molecular weight excluding hydrogens is 283 g/mol. The Morgan fingerprint density at radius 2 is 2.21 bits per heavy atom. The first-order valence-corrected chi connectivity index (χ1v) is 6.68. The third-order valence-electron chi connectivity index (χ3n) is 3.68. The van der Waals surface area contributed by atoms with E-state index in [4.69, 9.17) is 17.3 Å². The van der Waals surface area contributed by atoms with E-state index >= 15 is 0 Å². The average molecular weight is 303 g/mol. The Kier molecular flexibility index (Phi) is 5.65. The summed E-state index contributed by atoms with van der Waals surface area (Å²) in [5.74, 6) is 0.421. The number of nitrogens with zero attached hydrogens (tertiary/aromatic N) is 1. The van der Waals surface area contributed by atoms with Gasteiger partial charge < -0.3 is 10.6 Å². The smallest absolute Gasteiger partial charge is 0.255 e. The van der Waals surface area contributed by atoms with Crippen molar-refractivity contribution < 1.29 is 4.79 Å². The minimum Gasteiger partial charge on any atom is -0.338 e. The van der Waals surface area contributed by atoms with Crippen molar-refractivity contribution in [2.75, 3.05) is 13.1 Å². The molecule has 1 aromatic carbocycles. The summed E-state index contributed by atoms with van der Waals surface area (Å²) >= 11 is 6.19. The number of carbonyl (C=O) groups excluding carboxylic acids is 1. The molecule has 1 fully saturated rings. The predicted molar refractivity (Wildman–Crippen MR) is 81.1 cm³/mol. The molecule has 3 nitrogen and oxygen atoms in total. The molecule has 0 bridgehead atoms. The van der Waals surface area contributed by atoms with Crippen LogP contribution in [-0.2, 0) is 0 Å². The number of likely N-dealkylation sites (tertiary alicyclic amines) is 1. The maximum atomic E-state index is 12.4. The van der Waals surface area contributed by atoms with Gasteiger partial charge in [0.15, 0.2) is 0 Å². The van der Waals surface area contributed by atoms with Crippen LogP contribution in [0.4, 0.5) is 0 Å². The van der Waals surface area contributed by atoms with E-state index in [9.17, 15) is 4.79 Å². The number of aryl methyl sites for hydroxylation is 1. The predicted octanol–water partition coefficient (Wildman–Crippen LogP) is 2.88. The molecule has 19 heavy (non-hydrogen) atoms. The van der Waals surface area contributed by atoms with E-state index in [0.717, 1.165) is 25.1 Å². The van der Waals surface area contributed by atoms with Crippen molar-refractivity contribution in [3.05, 3.63) is 34.3 Å². The summed E-state index contributed by atoms with van der Waals surface area (Å²) in [6.07, 6.45) is 0.979. The molecule has 106 valence electrons. The normalized spacial score (nSPS) is 20.0. The maximum Gasteiger partial charge on any atom is 0.255 e. The van der Waals surface area contributed by atoms with Crippen LogP contribution in [0.25, 0.3) is 0 Å². The molecule has 1 aliphatic rings. The van der Waals surface area contributed by atoms with Gasteiger partial charge in [-0.25, -0.2) is 0 Å². The first kappa shape index (κ1) is 16.3. The molecule has 0 radical (unpaired) electrons. The minimum absolute atomic E-state index is 0. The Morgan fingerprint density at radius 1 is 1.53 bits per heavy atom. The quantitative estimate of drug-likeness (QED) is 0.913. The van der Waals surface area contributed by atoms with E-state index in [1.54, 1.807) is 6.07 Å². The number of amides is 1. The number of benzene rings is 1. The molecule has 1 heterocycles. The van der Waals surface area contributed by atoms with Gasteiger partial charge in [-0.2, -0.15) is 0 Å². The highest BCUT2D eigenvalue weighted by atomic mass is 35.5. The van der Waals surface area contributed by atoms with E-state index in [1.807, 2.05) is 30.9 Å². The number of carbonyl (C=O) groups is 1. The summed E-state index contributed by atoms with van der Waals surface area (Å²) in [7, 11) is 0. The Hall–Kier alpha value is -0.770. The average Bonchev–Trinajstić information content (AvgIpc) is 2.81. The van der Waals surface area contributed by atoms with Crippen molar-refractivity contribution >= 4 is 29.9 Å². The molecule has 0 spiro atoms. The number of hydrogen-bond donors (Lipinski definition) is 1. The molecule has 1 aliphatic heterocycles. The molecule has 1 saturated heterocycles. The van der Waals surface area contributed by atoms with Gasteiger partial charge in [-0.3, -0.25) is 4.79 Å². The monoisotopic (exact) mass is 302 g/mol. The third-order valence-corrected chi connectivity index (χ3v) is 4.18. The van der Waals surface area contributed by atoms with Crippen LogP contribution in [0.5, 0.6) is 0 Å². The summed E-state index contributed by atoms with van der Waals surface area (Å²) in [5.41, 5.74) is 7.42. The lowest BCUT2D eigenvalue weighted by Crippen LogP contribution is -2.33. The van der Waals surface area contributed by atoms with Crippen molar-refractivity contribution in [2.45, 2.75) is 26.3 Å². The molecule has 1 aromatic rings. The maximum absolute atomic E-state index is 12.4. The number of rotatable bonds is 2. The van der Waals surface area contributed by atoms with Crippen LogP contribution in [0.15, 0.2) is 18.2 Å². The van der Waals surface area contributed by atoms with Crippen LogP contribution in [-0.4, -0.2) is 29.9 Å². The zero-order chi connectivity index (χ0) is 13.3. The number of halogens is 2. The van der Waals surface area contributed by atoms with Gasteiger partial charge in [0.25, 0.3) is 5.91 Å². The Balaban J connectivity index is 0.00000180. The van der Waals surface area contributed by atoms with E-state index in [2.05, 4.69) is 0 Å². The van der Waals surface area contributed by atoms with E-state index in [-0.39, 0.29) is 24.4 Å². The van der Waals surface area contributed by atoms with Gasteiger partial charge in [0, 0.05) is 19.1 Å². The lowest BCUT2D eigenvalue weighted by Gasteiger charge is -2.19. The fraction of sp³-hybridized carbons (Fsp3) is 0.500. The molecule has 2 atom stereocenters. The second kappa shape index (κ2) is 6.60. The van der Waals surface area contributed by atoms with Crippen LogP contribution in [0.2, 0.25) is 5.02 Å². The Bertz CT molecular complexity index is 463. The standard InChI is InChI=1S/C14H19ClN2O.ClH/c1-9-4-3-5-12(13(9)15)14(18)17-7-6-11(8-17)10(2)16;/h3-5,10-11H,6-8,16H2,1-2H3;1H. The highest BCUT2D eigenvalue weighted by Gasteiger charge is 2.29. The topological polar surface area (TPSA) is 46.3 Å². The Labute approximate surface area is 125 Å². The zero-order valence-corrected chi connectivity index (χ0v) is 12.8. The van der Waals surface area contributed by atoms with Crippen LogP contribution >= 0.6 is 24.0 Å². The van der Waals surface area contributed by atoms with E-state index in [0.29, 0.717) is 16.5 Å². The molecule has 1 amide bonds. The summed E-state index contributed by atoms with van der Waals surface area (Å²) in [6.45, 7) is 5.42. The summed E-state index contributed by atoms with van der Waals surface area (Å²) in [4.78, 5) is 14.2. The molecular formula is C14H20Cl2N2O. The molecule has 0 aromatic heterocycles. The highest BCUT2D eigenvalue weighted by Crippen LogP contribution is 2.25. The Morgan fingerprint density at radius 3 is 2.79 bits per heavy atom. The summed E-state index contributed by atoms with van der Waals surface area (Å²) < 4.78 is 0. The first-order valence-electron chi connectivity index (χ1n) is 6.30. The summed E-state index contributed by atoms with van der Waals surface area (Å²) in [6, 6.07) is 5.70. The number of nitrogens with two attached hydrogens (primary N) is 1. The molecule has 0 aliphatic carbocycles. The van der Waals surface area contributed by atoms with E-state index < -0.39 is 0 Å². The SMILES string of the molecule is Cc1cccc(C(=O)N2CCC(C(C)N)C2)c1Cl.Cl. The number of hydrogen-bond acceptors (Lipinski definition) is 2. The van der Waals surface area contributed by atoms with Crippen molar-refractivity contribution in [1.29, 1.82) is 0 Å². The summed E-state index contributed by atoms with van der Waals surface area (Å²) in [5, 5.41) is 0.562. The lowest BCUT2D eigenvalue weighted by atomic mass is 10.0. The van der Waals surface area contributed by atoms with Crippen molar-refractivity contribution in [1.82, 2.24) is 4.90 Å². The second-order valence-corrected chi connectivity index (χ2v) is 5.47. The van der Waals surface area contributed by atoms with Crippen LogP contribution in [0, 0.1) is 12.8 Å². The van der Waals surface area contributed by atoms with Crippen LogP contribution in [0.1, 0.15) is 29.3 Å². The molecule has 2 unspecified atom stereocenters. The van der Waals surface area contributed by atoms with Gasteiger partial charge in [0.2, 0.25) is 0 Å². The lowest BCUT2D eigenvalue weighted by molar-refractivity contribution is 0.0786. The van der Waals surface area contributed by atoms with Gasteiger partial charge >= 0.3 is 0 Å². The van der Waals surface area contributed by atoms with Crippen molar-refractivity contribution in [3.8, 4) is 0 Å². The van der Waals surface area contributed by atoms with Gasteiger partial charge in [-0.15, -0.1) is 12.4 Å². The van der Waals surface area contributed by atoms with Crippen LogP contribution in [0.3, 0.4) is 0 Å². The van der Waals surface area contributed by atoms with Crippen molar-refractivity contribution in [2.24, 2.45) is 11.7 Å². The highest BCUT2D eigenvalue weighted by molar-refractivity contribution is 6.34. The third kappa shape index (κ3) is 3.41. The minimum atomic E-state index is 0. The molecule has 2 N–H and O–H groups in total. The molecule has 0 saturated carbocycles. The van der Waals surface area contributed by atoms with Gasteiger partial charge in [0.1, 0.15) is 0 Å². The van der Waals surface area contributed by atoms with E-state index in [1.165, 1.54) is 0 Å². The fourth-order valence-corrected chi connectivity index (χ4v) is 2.59.